The molecule has 0 spiro atoms. The van der Waals surface area contributed by atoms with E-state index in [0.717, 1.165) is 51.4 Å². The molecule has 0 saturated heterocycles. The molecule has 0 bridgehead atoms. The molecule has 5 N–H and O–H groups in total. The van der Waals surface area contributed by atoms with Gasteiger partial charge in [-0.1, -0.05) is 147 Å². The van der Waals surface area contributed by atoms with Crippen LogP contribution in [-0.4, -0.2) is 57.3 Å². The first kappa shape index (κ1) is 43.5. The van der Waals surface area contributed by atoms with Crippen LogP contribution < -0.4 is 5.32 Å². The quantitative estimate of drug-likeness (QED) is 0.0365. The molecule has 0 radical (unpaired) electrons. The highest BCUT2D eigenvalue weighted by atomic mass is 16.3. The SMILES string of the molecule is CCCCC/C=C/CC/C=C/CC/C=C/CCCC(O)C(O)C(CO)NC(=O)C(O)CCCCCCCCCCCCCCC. The fraction of sp³-hybridized carbons (Fsp3) is 0.821. The lowest BCUT2D eigenvalue weighted by Gasteiger charge is -2.27. The Labute approximate surface area is 277 Å². The second-order valence-electron chi connectivity index (χ2n) is 12.9. The maximum absolute atomic E-state index is 12.4. The zero-order valence-electron chi connectivity index (χ0n) is 29.4. The number of aliphatic hydroxyl groups excluding tert-OH is 4. The largest absolute Gasteiger partial charge is 0.394 e. The summed E-state index contributed by atoms with van der Waals surface area (Å²) in [5.41, 5.74) is 0. The fourth-order valence-corrected chi connectivity index (χ4v) is 5.49. The Morgan fingerprint density at radius 2 is 0.933 bits per heavy atom. The molecule has 6 nitrogen and oxygen atoms in total. The van der Waals surface area contributed by atoms with Gasteiger partial charge in [-0.15, -0.1) is 0 Å². The van der Waals surface area contributed by atoms with Gasteiger partial charge in [-0.25, -0.2) is 0 Å². The second kappa shape index (κ2) is 33.9. The minimum atomic E-state index is -1.29. The molecule has 0 aromatic rings. The summed E-state index contributed by atoms with van der Waals surface area (Å²) in [7, 11) is 0. The van der Waals surface area contributed by atoms with Crippen LogP contribution in [0.3, 0.4) is 0 Å². The van der Waals surface area contributed by atoms with Gasteiger partial charge >= 0.3 is 0 Å². The fourth-order valence-electron chi connectivity index (χ4n) is 5.49. The van der Waals surface area contributed by atoms with Crippen LogP contribution in [0.5, 0.6) is 0 Å². The lowest BCUT2D eigenvalue weighted by Crippen LogP contribution is -2.53. The molecule has 0 rings (SSSR count). The molecule has 0 aromatic carbocycles. The highest BCUT2D eigenvalue weighted by Gasteiger charge is 2.28. The molecule has 264 valence electrons. The molecule has 4 unspecified atom stereocenters. The van der Waals surface area contributed by atoms with Crippen LogP contribution in [0.25, 0.3) is 0 Å². The van der Waals surface area contributed by atoms with E-state index in [0.29, 0.717) is 19.3 Å². The minimum absolute atomic E-state index is 0.360. The minimum Gasteiger partial charge on any atom is -0.394 e. The molecule has 4 atom stereocenters. The van der Waals surface area contributed by atoms with Crippen molar-refractivity contribution in [3.8, 4) is 0 Å². The average Bonchev–Trinajstić information content (AvgIpc) is 3.04. The van der Waals surface area contributed by atoms with E-state index in [9.17, 15) is 25.2 Å². The van der Waals surface area contributed by atoms with Crippen molar-refractivity contribution in [3.05, 3.63) is 36.5 Å². The van der Waals surface area contributed by atoms with Crippen LogP contribution in [-0.2, 0) is 4.79 Å². The Morgan fingerprint density at radius 3 is 1.40 bits per heavy atom. The van der Waals surface area contributed by atoms with E-state index in [1.54, 1.807) is 0 Å². The topological polar surface area (TPSA) is 110 Å². The van der Waals surface area contributed by atoms with E-state index in [4.69, 9.17) is 0 Å². The Kier molecular flexibility index (Phi) is 32.8. The third-order valence-electron chi connectivity index (χ3n) is 8.56. The number of carbonyl (C=O) groups excluding carboxylic acids is 1. The maximum Gasteiger partial charge on any atom is 0.249 e. The number of nitrogens with one attached hydrogen (secondary N) is 1. The molecule has 0 aliphatic carbocycles. The lowest BCUT2D eigenvalue weighted by atomic mass is 10.00. The zero-order chi connectivity index (χ0) is 33.2. The number of aliphatic hydroxyl groups is 4. The van der Waals surface area contributed by atoms with Crippen LogP contribution in [0.1, 0.15) is 174 Å². The van der Waals surface area contributed by atoms with Crippen molar-refractivity contribution in [2.24, 2.45) is 0 Å². The summed E-state index contributed by atoms with van der Waals surface area (Å²) in [5.74, 6) is -0.602. The molecule has 0 aliphatic rings. The van der Waals surface area contributed by atoms with Crippen LogP contribution in [0.2, 0.25) is 0 Å². The molecular weight excluding hydrogens is 562 g/mol. The third kappa shape index (κ3) is 28.5. The van der Waals surface area contributed by atoms with Crippen molar-refractivity contribution in [2.45, 2.75) is 199 Å². The maximum atomic E-state index is 12.4. The molecule has 45 heavy (non-hydrogen) atoms. The summed E-state index contributed by atoms with van der Waals surface area (Å²) in [5, 5.41) is 43.4. The third-order valence-corrected chi connectivity index (χ3v) is 8.56. The summed E-state index contributed by atoms with van der Waals surface area (Å²) in [6.07, 6.45) is 37.3. The van der Waals surface area contributed by atoms with Crippen LogP contribution in [0, 0.1) is 0 Å². The normalized spacial score (nSPS) is 14.9. The number of hydrogen-bond donors (Lipinski definition) is 5. The van der Waals surface area contributed by atoms with E-state index >= 15 is 0 Å². The van der Waals surface area contributed by atoms with Crippen molar-refractivity contribution in [2.75, 3.05) is 6.61 Å². The van der Waals surface area contributed by atoms with Crippen molar-refractivity contribution in [3.63, 3.8) is 0 Å². The van der Waals surface area contributed by atoms with Gasteiger partial charge < -0.3 is 25.7 Å². The molecule has 6 heteroatoms. The Balaban J connectivity index is 3.91. The number of carbonyl (C=O) groups is 1. The summed E-state index contributed by atoms with van der Waals surface area (Å²) in [4.78, 5) is 12.4. The summed E-state index contributed by atoms with van der Waals surface area (Å²) >= 11 is 0. The van der Waals surface area contributed by atoms with E-state index in [1.807, 2.05) is 0 Å². The molecule has 1 amide bonds. The average molecular weight is 636 g/mol. The van der Waals surface area contributed by atoms with Crippen molar-refractivity contribution in [1.82, 2.24) is 5.32 Å². The predicted molar refractivity (Wildman–Crippen MR) is 191 cm³/mol. The summed E-state index contributed by atoms with van der Waals surface area (Å²) in [6.45, 7) is 3.98. The second-order valence-corrected chi connectivity index (χ2v) is 12.9. The molecule has 0 saturated carbocycles. The highest BCUT2D eigenvalue weighted by Crippen LogP contribution is 2.14. The van der Waals surface area contributed by atoms with Gasteiger partial charge in [-0.2, -0.15) is 0 Å². The van der Waals surface area contributed by atoms with Crippen molar-refractivity contribution >= 4 is 5.91 Å². The Morgan fingerprint density at radius 1 is 0.533 bits per heavy atom. The predicted octanol–water partition coefficient (Wildman–Crippen LogP) is 9.01. The van der Waals surface area contributed by atoms with E-state index in [2.05, 4.69) is 55.6 Å². The standard InChI is InChI=1S/C39H73NO5/c1-3-5-7-9-11-13-15-17-18-19-21-22-24-26-28-30-32-36(42)38(44)35(34-41)40-39(45)37(43)33-31-29-27-25-23-20-16-14-12-10-8-6-4-2/h11,13,18-19,24,26,35-38,41-44H,3-10,12,14-17,20-23,25,27-34H2,1-2H3,(H,40,45)/b13-11+,19-18+,26-24+. The van der Waals surface area contributed by atoms with E-state index < -0.39 is 36.9 Å². The molecule has 0 aliphatic heterocycles. The van der Waals surface area contributed by atoms with Crippen LogP contribution in [0.15, 0.2) is 36.5 Å². The first-order valence-electron chi connectivity index (χ1n) is 18.9. The van der Waals surface area contributed by atoms with Gasteiger partial charge in [0.05, 0.1) is 18.8 Å². The Bertz CT molecular complexity index is 722. The highest BCUT2D eigenvalue weighted by molar-refractivity contribution is 5.80. The molecule has 0 fully saturated rings. The van der Waals surface area contributed by atoms with Crippen LogP contribution >= 0.6 is 0 Å². The van der Waals surface area contributed by atoms with E-state index in [-0.39, 0.29) is 0 Å². The van der Waals surface area contributed by atoms with Gasteiger partial charge in [0.15, 0.2) is 0 Å². The van der Waals surface area contributed by atoms with Crippen molar-refractivity contribution < 1.29 is 25.2 Å². The zero-order valence-corrected chi connectivity index (χ0v) is 29.4. The molecule has 0 heterocycles. The van der Waals surface area contributed by atoms with Gasteiger partial charge in [0, 0.05) is 0 Å². The van der Waals surface area contributed by atoms with E-state index in [1.165, 1.54) is 89.9 Å². The lowest BCUT2D eigenvalue weighted by molar-refractivity contribution is -0.132. The summed E-state index contributed by atoms with van der Waals surface area (Å²) in [6, 6.07) is -1.01. The monoisotopic (exact) mass is 636 g/mol. The Hall–Kier alpha value is -1.47. The number of hydrogen-bond acceptors (Lipinski definition) is 5. The first-order valence-corrected chi connectivity index (χ1v) is 18.9. The first-order chi connectivity index (χ1) is 22.0. The summed E-state index contributed by atoms with van der Waals surface area (Å²) < 4.78 is 0. The van der Waals surface area contributed by atoms with Gasteiger partial charge in [0.25, 0.3) is 0 Å². The number of unbranched alkanes of at least 4 members (excludes halogenated alkanes) is 18. The van der Waals surface area contributed by atoms with Gasteiger partial charge in [-0.05, 0) is 64.2 Å². The smallest absolute Gasteiger partial charge is 0.249 e. The number of amides is 1. The van der Waals surface area contributed by atoms with Gasteiger partial charge in [0.1, 0.15) is 12.2 Å². The molecular formula is C39H73NO5. The van der Waals surface area contributed by atoms with Crippen LogP contribution in [0.4, 0.5) is 0 Å². The number of allylic oxidation sites excluding steroid dienone is 6. The molecule has 0 aromatic heterocycles. The van der Waals surface area contributed by atoms with Crippen molar-refractivity contribution in [1.29, 1.82) is 0 Å². The number of rotatable bonds is 33. The van der Waals surface area contributed by atoms with Gasteiger partial charge in [0.2, 0.25) is 5.91 Å². The van der Waals surface area contributed by atoms with Gasteiger partial charge in [-0.3, -0.25) is 4.79 Å².